The number of nitrogens with zero attached hydrogens (tertiary/aromatic N) is 4. The van der Waals surface area contributed by atoms with Crippen molar-refractivity contribution in [3.05, 3.63) is 97.6 Å². The molecule has 0 N–H and O–H groups in total. The van der Waals surface area contributed by atoms with Crippen molar-refractivity contribution in [3.8, 4) is 22.8 Å². The van der Waals surface area contributed by atoms with Crippen LogP contribution >= 0.6 is 20.2 Å². The molecule has 0 fully saturated rings. The fourth-order valence-corrected chi connectivity index (χ4v) is 2.06. The van der Waals surface area contributed by atoms with Gasteiger partial charge >= 0.3 is 33.3 Å². The maximum atomic E-state index is 4.76. The van der Waals surface area contributed by atoms with Gasteiger partial charge in [0.2, 0.25) is 0 Å². The molecule has 4 nitrogen and oxygen atoms in total. The van der Waals surface area contributed by atoms with Crippen LogP contribution in [0.4, 0.5) is 0 Å². The van der Waals surface area contributed by atoms with Gasteiger partial charge in [-0.15, -0.1) is 0 Å². The van der Waals surface area contributed by atoms with Gasteiger partial charge in [-0.25, -0.2) is 0 Å². The molecular formula is C20H16Cl2FeN4. The third-order valence-electron chi connectivity index (χ3n) is 3.18. The molecule has 0 spiro atoms. The molecule has 0 unspecified atom stereocenters. The van der Waals surface area contributed by atoms with Gasteiger partial charge in [0.25, 0.3) is 0 Å². The van der Waals surface area contributed by atoms with E-state index in [1.165, 1.54) is 0 Å². The second-order valence-corrected chi connectivity index (χ2v) is 6.73. The number of halogens is 2. The van der Waals surface area contributed by atoms with Crippen LogP contribution in [-0.4, -0.2) is 19.9 Å². The van der Waals surface area contributed by atoms with E-state index in [0.717, 1.165) is 22.8 Å². The Bertz CT molecular complexity index is 717. The second kappa shape index (κ2) is 13.0. The predicted molar refractivity (Wildman–Crippen MR) is 107 cm³/mol. The van der Waals surface area contributed by atoms with E-state index in [2.05, 4.69) is 19.9 Å². The van der Waals surface area contributed by atoms with Crippen LogP contribution in [0, 0.1) is 0 Å². The van der Waals surface area contributed by atoms with E-state index in [4.69, 9.17) is 20.2 Å². The molecule has 4 heterocycles. The van der Waals surface area contributed by atoms with Gasteiger partial charge in [-0.3, -0.25) is 19.9 Å². The van der Waals surface area contributed by atoms with Crippen molar-refractivity contribution in [2.24, 2.45) is 0 Å². The number of pyridine rings is 4. The molecule has 0 aliphatic carbocycles. The van der Waals surface area contributed by atoms with Gasteiger partial charge in [-0.05, 0) is 48.5 Å². The van der Waals surface area contributed by atoms with Gasteiger partial charge in [0.15, 0.2) is 0 Å². The van der Waals surface area contributed by atoms with Gasteiger partial charge in [-0.1, -0.05) is 24.3 Å². The standard InChI is InChI=1S/2C10H8N2.2ClH.Fe/c2*1-3-7-11-9(5-1)10-6-2-4-8-12-10;;;/h2*1-8H;2*1H;/q;;;;+2/p-2. The molecule has 0 bridgehead atoms. The summed E-state index contributed by atoms with van der Waals surface area (Å²) in [5, 5.41) is 0. The van der Waals surface area contributed by atoms with Crippen LogP contribution in [0.25, 0.3) is 22.8 Å². The van der Waals surface area contributed by atoms with E-state index in [1.54, 1.807) is 24.8 Å². The van der Waals surface area contributed by atoms with Gasteiger partial charge in [-0.2, -0.15) is 0 Å². The van der Waals surface area contributed by atoms with Crippen LogP contribution in [0.3, 0.4) is 0 Å². The molecule has 4 aromatic rings. The SMILES string of the molecule is [Cl][Fe][Cl].c1ccc(-c2ccccn2)nc1.c1ccc(-c2ccccn2)nc1. The summed E-state index contributed by atoms with van der Waals surface area (Å²) in [5.41, 5.74) is 3.66. The largest absolute Gasteiger partial charge is 0.255 e. The predicted octanol–water partition coefficient (Wildman–Crippen LogP) is 5.66. The van der Waals surface area contributed by atoms with Crippen LogP contribution in [0.5, 0.6) is 0 Å². The van der Waals surface area contributed by atoms with Gasteiger partial charge in [0.1, 0.15) is 0 Å². The van der Waals surface area contributed by atoms with Crippen LogP contribution < -0.4 is 0 Å². The zero-order valence-electron chi connectivity index (χ0n) is 14.1. The minimum Gasteiger partial charge on any atom is -0.255 e. The summed E-state index contributed by atoms with van der Waals surface area (Å²) in [6, 6.07) is 23.2. The van der Waals surface area contributed by atoms with E-state index in [-0.39, 0.29) is 13.1 Å². The Labute approximate surface area is 173 Å². The van der Waals surface area contributed by atoms with Crippen molar-refractivity contribution in [3.63, 3.8) is 0 Å². The van der Waals surface area contributed by atoms with Crippen molar-refractivity contribution in [2.75, 3.05) is 0 Å². The Morgan fingerprint density at radius 3 is 0.815 bits per heavy atom. The molecule has 4 aromatic heterocycles. The van der Waals surface area contributed by atoms with E-state index >= 15 is 0 Å². The summed E-state index contributed by atoms with van der Waals surface area (Å²) in [6.45, 7) is 0. The molecule has 0 saturated carbocycles. The number of aromatic nitrogens is 4. The molecule has 0 aliphatic rings. The number of hydrogen-bond donors (Lipinski definition) is 0. The van der Waals surface area contributed by atoms with Gasteiger partial charge in [0, 0.05) is 24.8 Å². The average molecular weight is 439 g/mol. The number of rotatable bonds is 2. The summed E-state index contributed by atoms with van der Waals surface area (Å²) in [7, 11) is 9.53. The summed E-state index contributed by atoms with van der Waals surface area (Å²) >= 11 is 0.194. The van der Waals surface area contributed by atoms with E-state index < -0.39 is 0 Å². The molecule has 0 amide bonds. The zero-order chi connectivity index (χ0) is 19.2. The third-order valence-corrected chi connectivity index (χ3v) is 3.18. The molecule has 0 atom stereocenters. The molecule has 0 radical (unpaired) electrons. The summed E-state index contributed by atoms with van der Waals surface area (Å²) < 4.78 is 0. The third kappa shape index (κ3) is 7.85. The molecule has 7 heteroatoms. The summed E-state index contributed by atoms with van der Waals surface area (Å²) in [6.07, 6.45) is 7.07. The maximum absolute atomic E-state index is 4.76. The Balaban J connectivity index is 0.000000170. The van der Waals surface area contributed by atoms with Crippen LogP contribution in [0.1, 0.15) is 0 Å². The normalized spacial score (nSPS) is 9.41. The van der Waals surface area contributed by atoms with Crippen LogP contribution in [-0.2, 0) is 13.1 Å². The zero-order valence-corrected chi connectivity index (χ0v) is 16.8. The fourth-order valence-electron chi connectivity index (χ4n) is 2.06. The van der Waals surface area contributed by atoms with Crippen LogP contribution in [0.2, 0.25) is 0 Å². The van der Waals surface area contributed by atoms with Crippen molar-refractivity contribution in [2.45, 2.75) is 0 Å². The topological polar surface area (TPSA) is 51.6 Å². The minimum atomic E-state index is 0.194. The molecule has 0 aliphatic heterocycles. The smallest absolute Gasteiger partial charge is 0.0886 e. The molecule has 27 heavy (non-hydrogen) atoms. The molecule has 0 saturated heterocycles. The Morgan fingerprint density at radius 2 is 0.667 bits per heavy atom. The van der Waals surface area contributed by atoms with Crippen molar-refractivity contribution >= 4 is 20.2 Å². The Hall–Kier alpha value is -2.30. The second-order valence-electron chi connectivity index (χ2n) is 4.91. The number of hydrogen-bond acceptors (Lipinski definition) is 4. The van der Waals surface area contributed by atoms with Crippen molar-refractivity contribution in [1.82, 2.24) is 19.9 Å². The van der Waals surface area contributed by atoms with Gasteiger partial charge in [0.05, 0.1) is 22.8 Å². The van der Waals surface area contributed by atoms with E-state index in [0.29, 0.717) is 0 Å². The fraction of sp³-hybridized carbons (Fsp3) is 0. The Kier molecular flexibility index (Phi) is 10.1. The molecule has 138 valence electrons. The maximum Gasteiger partial charge on any atom is 0.0886 e. The first-order valence-corrected chi connectivity index (χ1v) is 10.9. The Morgan fingerprint density at radius 1 is 0.444 bits per heavy atom. The van der Waals surface area contributed by atoms with E-state index in [1.807, 2.05) is 72.8 Å². The van der Waals surface area contributed by atoms with Crippen LogP contribution in [0.15, 0.2) is 97.6 Å². The minimum absolute atomic E-state index is 0.194. The molecule has 0 aromatic carbocycles. The quantitative estimate of drug-likeness (QED) is 0.378. The van der Waals surface area contributed by atoms with Crippen molar-refractivity contribution < 1.29 is 13.1 Å². The van der Waals surface area contributed by atoms with Crippen molar-refractivity contribution in [1.29, 1.82) is 0 Å². The molecule has 4 rings (SSSR count). The van der Waals surface area contributed by atoms with Gasteiger partial charge < -0.3 is 0 Å². The first kappa shape index (κ1) is 21.0. The summed E-state index contributed by atoms with van der Waals surface area (Å²) in [4.78, 5) is 16.7. The average Bonchev–Trinajstić information content (AvgIpc) is 2.77. The van der Waals surface area contributed by atoms with E-state index in [9.17, 15) is 0 Å². The monoisotopic (exact) mass is 438 g/mol. The molecular weight excluding hydrogens is 423 g/mol. The summed E-state index contributed by atoms with van der Waals surface area (Å²) in [5.74, 6) is 0. The first-order chi connectivity index (χ1) is 13.3. The first-order valence-electron chi connectivity index (χ1n) is 7.85.